The monoisotopic (exact) mass is 352 g/mol. The molecule has 152 valence electrons. The van der Waals surface area contributed by atoms with Crippen molar-refractivity contribution in [2.45, 2.75) is 132 Å². The van der Waals surface area contributed by atoms with E-state index in [2.05, 4.69) is 48.1 Å². The minimum Gasteiger partial charge on any atom is -0.100 e. The van der Waals surface area contributed by atoms with Crippen LogP contribution >= 0.6 is 0 Å². The lowest BCUT2D eigenvalue weighted by atomic mass is 9.67. The van der Waals surface area contributed by atoms with Crippen LogP contribution in [0.4, 0.5) is 0 Å². The third kappa shape index (κ3) is 16.9. The van der Waals surface area contributed by atoms with Gasteiger partial charge < -0.3 is 0 Å². The summed E-state index contributed by atoms with van der Waals surface area (Å²) < 4.78 is 0. The van der Waals surface area contributed by atoms with Crippen LogP contribution in [0.15, 0.2) is 12.2 Å². The molecule has 2 unspecified atom stereocenters. The molecule has 1 aliphatic rings. The Morgan fingerprint density at radius 2 is 1.40 bits per heavy atom. The quantitative estimate of drug-likeness (QED) is 0.286. The summed E-state index contributed by atoms with van der Waals surface area (Å²) in [6, 6.07) is 0. The van der Waals surface area contributed by atoms with Crippen LogP contribution in [-0.2, 0) is 0 Å². The molecular formula is C25H52. The number of allylic oxidation sites excluding steroid dienone is 1. The summed E-state index contributed by atoms with van der Waals surface area (Å²) >= 11 is 0. The van der Waals surface area contributed by atoms with E-state index < -0.39 is 0 Å². The van der Waals surface area contributed by atoms with Gasteiger partial charge >= 0.3 is 0 Å². The van der Waals surface area contributed by atoms with Crippen molar-refractivity contribution in [2.75, 3.05) is 0 Å². The Kier molecular flexibility index (Phi) is 18.5. The molecular weight excluding hydrogens is 300 g/mol. The fourth-order valence-corrected chi connectivity index (χ4v) is 3.47. The molecule has 0 radical (unpaired) electrons. The molecule has 1 saturated carbocycles. The highest BCUT2D eigenvalue weighted by atomic mass is 14.4. The molecule has 0 spiro atoms. The van der Waals surface area contributed by atoms with Gasteiger partial charge in [0.1, 0.15) is 0 Å². The molecule has 0 amide bonds. The van der Waals surface area contributed by atoms with Crippen LogP contribution in [0.3, 0.4) is 0 Å². The SMILES string of the molecule is C=C(C)CCCCCCCCCC.CC.CC1CCC(C)(C)C(C)C1. The van der Waals surface area contributed by atoms with Crippen molar-refractivity contribution in [1.82, 2.24) is 0 Å². The Hall–Kier alpha value is -0.260. The van der Waals surface area contributed by atoms with Crippen molar-refractivity contribution in [2.24, 2.45) is 17.3 Å². The minimum atomic E-state index is 0.618. The van der Waals surface area contributed by atoms with Gasteiger partial charge in [-0.2, -0.15) is 0 Å². The first-order chi connectivity index (χ1) is 11.8. The van der Waals surface area contributed by atoms with Crippen molar-refractivity contribution in [3.63, 3.8) is 0 Å². The second-order valence-electron chi connectivity index (χ2n) is 8.95. The van der Waals surface area contributed by atoms with Gasteiger partial charge in [0.2, 0.25) is 0 Å². The lowest BCUT2D eigenvalue weighted by molar-refractivity contribution is 0.119. The molecule has 1 rings (SSSR count). The van der Waals surface area contributed by atoms with E-state index in [0.717, 1.165) is 11.8 Å². The largest absolute Gasteiger partial charge is 0.100 e. The highest BCUT2D eigenvalue weighted by molar-refractivity contribution is 4.87. The maximum atomic E-state index is 3.91. The van der Waals surface area contributed by atoms with Crippen LogP contribution < -0.4 is 0 Å². The highest BCUT2D eigenvalue weighted by Gasteiger charge is 2.31. The number of unbranched alkanes of at least 4 members (excludes halogenated alkanes) is 7. The molecule has 0 aromatic heterocycles. The van der Waals surface area contributed by atoms with E-state index in [1.165, 1.54) is 82.6 Å². The first-order valence-electron chi connectivity index (χ1n) is 11.4. The number of rotatable bonds is 9. The van der Waals surface area contributed by atoms with E-state index in [-0.39, 0.29) is 0 Å². The molecule has 0 aromatic carbocycles. The third-order valence-corrected chi connectivity index (χ3v) is 5.83. The molecule has 0 saturated heterocycles. The van der Waals surface area contributed by atoms with Gasteiger partial charge in [0.05, 0.1) is 0 Å². The lowest BCUT2D eigenvalue weighted by Crippen LogP contribution is -2.28. The van der Waals surface area contributed by atoms with Crippen molar-refractivity contribution < 1.29 is 0 Å². The standard InChI is InChI=1S/C13H26.C10H20.C2H6/c1-4-5-6-7-8-9-10-11-12-13(2)3;1-8-5-6-10(3,4)9(2)7-8;1-2/h2,4-12H2,1,3H3;8-9H,5-7H2,1-4H3;1-2H3. The van der Waals surface area contributed by atoms with Crippen molar-refractivity contribution in [3.05, 3.63) is 12.2 Å². The molecule has 25 heavy (non-hydrogen) atoms. The Balaban J connectivity index is 0. The van der Waals surface area contributed by atoms with Crippen LogP contribution in [0.1, 0.15) is 132 Å². The third-order valence-electron chi connectivity index (χ3n) is 5.83. The number of hydrogen-bond acceptors (Lipinski definition) is 0. The fourth-order valence-electron chi connectivity index (χ4n) is 3.47. The predicted octanol–water partition coefficient (Wildman–Crippen LogP) is 9.59. The summed E-state index contributed by atoms with van der Waals surface area (Å²) in [6.07, 6.45) is 16.8. The molecule has 0 bridgehead atoms. The van der Waals surface area contributed by atoms with Gasteiger partial charge in [0.15, 0.2) is 0 Å². The van der Waals surface area contributed by atoms with E-state index in [1.807, 2.05) is 13.8 Å². The molecule has 0 heterocycles. The van der Waals surface area contributed by atoms with Crippen LogP contribution in [0.2, 0.25) is 0 Å². The topological polar surface area (TPSA) is 0 Å². The van der Waals surface area contributed by atoms with Gasteiger partial charge in [0.25, 0.3) is 0 Å². The lowest BCUT2D eigenvalue weighted by Gasteiger charge is -2.39. The fraction of sp³-hybridized carbons (Fsp3) is 0.920. The summed E-state index contributed by atoms with van der Waals surface area (Å²) in [6.45, 7) is 21.9. The van der Waals surface area contributed by atoms with Gasteiger partial charge in [-0.05, 0) is 49.9 Å². The van der Waals surface area contributed by atoms with E-state index in [1.54, 1.807) is 0 Å². The molecule has 0 aromatic rings. The summed E-state index contributed by atoms with van der Waals surface area (Å²) in [5.41, 5.74) is 1.96. The van der Waals surface area contributed by atoms with E-state index >= 15 is 0 Å². The normalized spacial score (nSPS) is 21.4. The smallest absolute Gasteiger partial charge is 0.0326 e. The van der Waals surface area contributed by atoms with Gasteiger partial charge in [0, 0.05) is 0 Å². The zero-order valence-electron chi connectivity index (χ0n) is 19.3. The maximum absolute atomic E-state index is 3.91. The summed E-state index contributed by atoms with van der Waals surface area (Å²) in [5, 5.41) is 0. The predicted molar refractivity (Wildman–Crippen MR) is 119 cm³/mol. The van der Waals surface area contributed by atoms with Gasteiger partial charge in [-0.1, -0.05) is 105 Å². The van der Waals surface area contributed by atoms with E-state index in [4.69, 9.17) is 0 Å². The molecule has 2 atom stereocenters. The molecule has 1 fully saturated rings. The Bertz CT molecular complexity index is 286. The Labute approximate surface area is 162 Å². The molecule has 1 aliphatic carbocycles. The second-order valence-corrected chi connectivity index (χ2v) is 8.95. The average molecular weight is 353 g/mol. The maximum Gasteiger partial charge on any atom is -0.0326 e. The van der Waals surface area contributed by atoms with Crippen LogP contribution in [0, 0.1) is 17.3 Å². The minimum absolute atomic E-state index is 0.618. The van der Waals surface area contributed by atoms with Crippen molar-refractivity contribution >= 4 is 0 Å². The summed E-state index contributed by atoms with van der Waals surface area (Å²) in [4.78, 5) is 0. The zero-order chi connectivity index (χ0) is 19.7. The molecule has 0 nitrogen and oxygen atoms in total. The highest BCUT2D eigenvalue weighted by Crippen LogP contribution is 2.42. The van der Waals surface area contributed by atoms with Crippen LogP contribution in [0.25, 0.3) is 0 Å². The van der Waals surface area contributed by atoms with Crippen molar-refractivity contribution in [3.8, 4) is 0 Å². The molecule has 0 N–H and O–H groups in total. The van der Waals surface area contributed by atoms with E-state index in [0.29, 0.717) is 5.41 Å². The Morgan fingerprint density at radius 1 is 0.920 bits per heavy atom. The van der Waals surface area contributed by atoms with Crippen LogP contribution in [0.5, 0.6) is 0 Å². The van der Waals surface area contributed by atoms with E-state index in [9.17, 15) is 0 Å². The molecule has 0 aliphatic heterocycles. The van der Waals surface area contributed by atoms with Crippen LogP contribution in [-0.4, -0.2) is 0 Å². The molecule has 0 heteroatoms. The van der Waals surface area contributed by atoms with Gasteiger partial charge in [-0.25, -0.2) is 0 Å². The summed E-state index contributed by atoms with van der Waals surface area (Å²) in [5.74, 6) is 1.90. The second kappa shape index (κ2) is 17.2. The number of hydrogen-bond donors (Lipinski definition) is 0. The Morgan fingerprint density at radius 3 is 1.80 bits per heavy atom. The summed E-state index contributed by atoms with van der Waals surface area (Å²) in [7, 11) is 0. The van der Waals surface area contributed by atoms with Crippen molar-refractivity contribution in [1.29, 1.82) is 0 Å². The van der Waals surface area contributed by atoms with Gasteiger partial charge in [-0.15, -0.1) is 6.58 Å². The first-order valence-corrected chi connectivity index (χ1v) is 11.4. The van der Waals surface area contributed by atoms with Gasteiger partial charge in [-0.3, -0.25) is 0 Å². The average Bonchev–Trinajstić information content (AvgIpc) is 2.56. The zero-order valence-corrected chi connectivity index (χ0v) is 19.3. The first kappa shape index (κ1) is 27.0.